The molecule has 146 valence electrons. The fourth-order valence-corrected chi connectivity index (χ4v) is 2.88. The zero-order valence-electron chi connectivity index (χ0n) is 14.7. The molecule has 0 aliphatic heterocycles. The Bertz CT molecular complexity index is 1030. The van der Waals surface area contributed by atoms with Crippen LogP contribution in [0.2, 0.25) is 0 Å². The summed E-state index contributed by atoms with van der Waals surface area (Å²) in [4.78, 5) is 28.3. The summed E-state index contributed by atoms with van der Waals surface area (Å²) in [6.07, 6.45) is -3.78. The lowest BCUT2D eigenvalue weighted by atomic mass is 10.1. The van der Waals surface area contributed by atoms with Crippen molar-refractivity contribution < 1.29 is 27.9 Å². The average Bonchev–Trinajstić information content (AvgIpc) is 2.96. The van der Waals surface area contributed by atoms with E-state index >= 15 is 0 Å². The number of nitrogens with zero attached hydrogens (tertiary/aromatic N) is 2. The molecule has 9 heteroatoms. The van der Waals surface area contributed by atoms with E-state index in [1.807, 2.05) is 0 Å². The van der Waals surface area contributed by atoms with Crippen LogP contribution >= 0.6 is 0 Å². The number of aromatic nitrogens is 2. The second-order valence-corrected chi connectivity index (χ2v) is 6.24. The number of aryl methyl sites for hydroxylation is 1. The minimum Gasteiger partial charge on any atom is -0.480 e. The first-order valence-corrected chi connectivity index (χ1v) is 8.30. The number of rotatable bonds is 5. The maximum absolute atomic E-state index is 13.0. The van der Waals surface area contributed by atoms with Crippen molar-refractivity contribution >= 4 is 17.5 Å². The number of carbonyl (C=O) groups is 2. The van der Waals surface area contributed by atoms with Crippen LogP contribution in [0.5, 0.6) is 0 Å². The number of amides is 1. The number of carbonyl (C=O) groups excluding carboxylic acids is 1. The fraction of sp³-hybridized carbons (Fsp3) is 0.211. The SMILES string of the molecule is Cc1nc2ccc(C(F)(F)F)cn2c1C(=O)NC(Cc1ccccc1)C(=O)O. The molecule has 0 aliphatic carbocycles. The second kappa shape index (κ2) is 7.34. The molecule has 1 amide bonds. The summed E-state index contributed by atoms with van der Waals surface area (Å²) in [5, 5.41) is 11.8. The zero-order chi connectivity index (χ0) is 20.5. The number of imidazole rings is 1. The molecule has 2 N–H and O–H groups in total. The second-order valence-electron chi connectivity index (χ2n) is 6.24. The highest BCUT2D eigenvalue weighted by Crippen LogP contribution is 2.29. The van der Waals surface area contributed by atoms with E-state index in [0.29, 0.717) is 5.56 Å². The number of aliphatic carboxylic acids is 1. The van der Waals surface area contributed by atoms with Crippen LogP contribution in [0.3, 0.4) is 0 Å². The van der Waals surface area contributed by atoms with Crippen molar-refractivity contribution in [2.45, 2.75) is 25.6 Å². The van der Waals surface area contributed by atoms with Crippen LogP contribution in [0.1, 0.15) is 27.3 Å². The van der Waals surface area contributed by atoms with Crippen molar-refractivity contribution in [1.29, 1.82) is 0 Å². The van der Waals surface area contributed by atoms with Crippen LogP contribution in [0.25, 0.3) is 5.65 Å². The van der Waals surface area contributed by atoms with Gasteiger partial charge in [0, 0.05) is 12.6 Å². The maximum atomic E-state index is 13.0. The Morgan fingerprint density at radius 2 is 1.86 bits per heavy atom. The summed E-state index contributed by atoms with van der Waals surface area (Å²) < 4.78 is 40.0. The average molecular weight is 391 g/mol. The molecule has 3 aromatic rings. The maximum Gasteiger partial charge on any atom is 0.417 e. The van der Waals surface area contributed by atoms with E-state index in [0.717, 1.165) is 22.7 Å². The number of alkyl halides is 3. The highest BCUT2D eigenvalue weighted by molar-refractivity contribution is 5.97. The summed E-state index contributed by atoms with van der Waals surface area (Å²) >= 11 is 0. The highest BCUT2D eigenvalue weighted by Gasteiger charge is 2.32. The summed E-state index contributed by atoms with van der Waals surface area (Å²) in [5.74, 6) is -2.06. The molecule has 28 heavy (non-hydrogen) atoms. The molecular formula is C19H16F3N3O3. The lowest BCUT2D eigenvalue weighted by molar-refractivity contribution is -0.139. The third-order valence-electron chi connectivity index (χ3n) is 4.22. The van der Waals surface area contributed by atoms with E-state index in [9.17, 15) is 27.9 Å². The number of benzene rings is 1. The van der Waals surface area contributed by atoms with Gasteiger partial charge in [-0.3, -0.25) is 9.20 Å². The molecule has 0 spiro atoms. The number of nitrogens with one attached hydrogen (secondary N) is 1. The molecule has 2 aromatic heterocycles. The molecule has 0 saturated heterocycles. The number of carboxylic acid groups (broad SMARTS) is 1. The number of fused-ring (bicyclic) bond motifs is 1. The number of hydrogen-bond acceptors (Lipinski definition) is 3. The summed E-state index contributed by atoms with van der Waals surface area (Å²) in [6, 6.07) is 9.48. The van der Waals surface area contributed by atoms with Gasteiger partial charge in [-0.2, -0.15) is 13.2 Å². The van der Waals surface area contributed by atoms with Crippen molar-refractivity contribution in [3.8, 4) is 0 Å². The quantitative estimate of drug-likeness (QED) is 0.700. The topological polar surface area (TPSA) is 83.7 Å². The molecule has 0 aliphatic rings. The molecule has 0 fully saturated rings. The molecule has 0 bridgehead atoms. The van der Waals surface area contributed by atoms with Crippen molar-refractivity contribution in [1.82, 2.24) is 14.7 Å². The third-order valence-corrected chi connectivity index (χ3v) is 4.22. The van der Waals surface area contributed by atoms with Crippen molar-refractivity contribution in [3.05, 3.63) is 71.2 Å². The molecule has 0 saturated carbocycles. The van der Waals surface area contributed by atoms with Crippen LogP contribution in [0.15, 0.2) is 48.7 Å². The fourth-order valence-electron chi connectivity index (χ4n) is 2.88. The van der Waals surface area contributed by atoms with Gasteiger partial charge in [-0.05, 0) is 24.6 Å². The Morgan fingerprint density at radius 1 is 1.18 bits per heavy atom. The summed E-state index contributed by atoms with van der Waals surface area (Å²) in [7, 11) is 0. The molecular weight excluding hydrogens is 375 g/mol. The molecule has 3 rings (SSSR count). The molecule has 1 atom stereocenters. The van der Waals surface area contributed by atoms with Crippen molar-refractivity contribution in [3.63, 3.8) is 0 Å². The minimum absolute atomic E-state index is 0.0332. The Hall–Kier alpha value is -3.36. The largest absolute Gasteiger partial charge is 0.480 e. The molecule has 1 unspecified atom stereocenters. The van der Waals surface area contributed by atoms with Gasteiger partial charge < -0.3 is 10.4 Å². The first-order valence-electron chi connectivity index (χ1n) is 8.30. The summed E-state index contributed by atoms with van der Waals surface area (Å²) in [6.45, 7) is 1.47. The highest BCUT2D eigenvalue weighted by atomic mass is 19.4. The van der Waals surface area contributed by atoms with Crippen LogP contribution in [-0.4, -0.2) is 32.4 Å². The van der Waals surface area contributed by atoms with Crippen LogP contribution < -0.4 is 5.32 Å². The van der Waals surface area contributed by atoms with Gasteiger partial charge in [0.05, 0.1) is 11.3 Å². The monoisotopic (exact) mass is 391 g/mol. The van der Waals surface area contributed by atoms with Crippen molar-refractivity contribution in [2.75, 3.05) is 0 Å². The zero-order valence-corrected chi connectivity index (χ0v) is 14.7. The molecule has 6 nitrogen and oxygen atoms in total. The van der Waals surface area contributed by atoms with Gasteiger partial charge in [0.25, 0.3) is 5.91 Å². The smallest absolute Gasteiger partial charge is 0.417 e. The number of pyridine rings is 1. The van der Waals surface area contributed by atoms with Gasteiger partial charge in [-0.25, -0.2) is 9.78 Å². The number of hydrogen-bond donors (Lipinski definition) is 2. The predicted octanol–water partition coefficient (Wildman–Crippen LogP) is 3.09. The van der Waals surface area contributed by atoms with Gasteiger partial charge in [-0.1, -0.05) is 30.3 Å². The van der Waals surface area contributed by atoms with E-state index in [1.54, 1.807) is 30.3 Å². The molecule has 0 radical (unpaired) electrons. The van der Waals surface area contributed by atoms with Crippen LogP contribution in [0.4, 0.5) is 13.2 Å². The van der Waals surface area contributed by atoms with Crippen LogP contribution in [0, 0.1) is 6.92 Å². The number of halogens is 3. The standard InChI is InChI=1S/C19H16F3N3O3/c1-11-16(25-10-13(19(20,21)22)7-8-15(25)23-11)17(26)24-14(18(27)28)9-12-5-3-2-4-6-12/h2-8,10,14H,9H2,1H3,(H,24,26)(H,27,28). The Balaban J connectivity index is 1.93. The first-order chi connectivity index (χ1) is 13.2. The molecule has 1 aromatic carbocycles. The van der Waals surface area contributed by atoms with Gasteiger partial charge in [0.15, 0.2) is 0 Å². The lowest BCUT2D eigenvalue weighted by Crippen LogP contribution is -2.43. The van der Waals surface area contributed by atoms with Gasteiger partial charge in [-0.15, -0.1) is 0 Å². The Morgan fingerprint density at radius 3 is 2.46 bits per heavy atom. The number of carboxylic acids is 1. The van der Waals surface area contributed by atoms with E-state index < -0.39 is 29.7 Å². The van der Waals surface area contributed by atoms with Crippen LogP contribution in [-0.2, 0) is 17.4 Å². The first kappa shape index (κ1) is 19.4. The summed E-state index contributed by atoms with van der Waals surface area (Å²) in [5.41, 5.74) is -0.0263. The van der Waals surface area contributed by atoms with Crippen molar-refractivity contribution in [2.24, 2.45) is 0 Å². The van der Waals surface area contributed by atoms with E-state index in [-0.39, 0.29) is 23.5 Å². The van der Waals surface area contributed by atoms with E-state index in [2.05, 4.69) is 10.3 Å². The third kappa shape index (κ3) is 3.98. The minimum atomic E-state index is -4.59. The Kier molecular flexibility index (Phi) is 5.08. The predicted molar refractivity (Wildman–Crippen MR) is 94.0 cm³/mol. The normalized spacial score (nSPS) is 12.7. The van der Waals surface area contributed by atoms with Gasteiger partial charge >= 0.3 is 12.1 Å². The van der Waals surface area contributed by atoms with Gasteiger partial charge in [0.1, 0.15) is 17.4 Å². The van der Waals surface area contributed by atoms with E-state index in [1.165, 1.54) is 6.92 Å². The van der Waals surface area contributed by atoms with Gasteiger partial charge in [0.2, 0.25) is 0 Å². The molecule has 2 heterocycles. The Labute approximate surface area is 157 Å². The van der Waals surface area contributed by atoms with E-state index in [4.69, 9.17) is 0 Å². The lowest BCUT2D eigenvalue weighted by Gasteiger charge is -2.15.